The first-order valence-electron chi connectivity index (χ1n) is 6.35. The molecule has 0 amide bonds. The van der Waals surface area contributed by atoms with Crippen LogP contribution in [-0.4, -0.2) is 4.92 Å². The topological polar surface area (TPSA) is 55.2 Å². The lowest BCUT2D eigenvalue weighted by Crippen LogP contribution is -2.08. The molecule has 4 nitrogen and oxygen atoms in total. The Morgan fingerprint density at radius 1 is 1.19 bits per heavy atom. The fourth-order valence-electron chi connectivity index (χ4n) is 2.03. The SMILES string of the molecule is Cc1ccc(C(C)Nc2c(Cl)cccc2Cl)cc1[N+](=O)[O-]. The molecule has 0 saturated carbocycles. The van der Waals surface area contributed by atoms with Gasteiger partial charge in [-0.3, -0.25) is 10.1 Å². The molecule has 6 heteroatoms. The van der Waals surface area contributed by atoms with E-state index < -0.39 is 0 Å². The van der Waals surface area contributed by atoms with Crippen molar-refractivity contribution in [3.05, 3.63) is 67.7 Å². The second-order valence-corrected chi connectivity index (χ2v) is 5.58. The number of nitro benzene ring substituents is 1. The summed E-state index contributed by atoms with van der Waals surface area (Å²) < 4.78 is 0. The quantitative estimate of drug-likeness (QED) is 0.606. The summed E-state index contributed by atoms with van der Waals surface area (Å²) in [5.41, 5.74) is 2.15. The van der Waals surface area contributed by atoms with Gasteiger partial charge in [-0.05, 0) is 31.5 Å². The Balaban J connectivity index is 2.31. The number of para-hydroxylation sites is 1. The van der Waals surface area contributed by atoms with E-state index in [0.29, 0.717) is 21.3 Å². The van der Waals surface area contributed by atoms with E-state index in [2.05, 4.69) is 5.32 Å². The number of nitrogens with zero attached hydrogens (tertiary/aromatic N) is 1. The summed E-state index contributed by atoms with van der Waals surface area (Å²) in [4.78, 5) is 10.6. The molecule has 0 aliphatic rings. The van der Waals surface area contributed by atoms with E-state index in [4.69, 9.17) is 23.2 Å². The van der Waals surface area contributed by atoms with E-state index in [1.807, 2.05) is 13.0 Å². The average molecular weight is 325 g/mol. The summed E-state index contributed by atoms with van der Waals surface area (Å²) in [5, 5.41) is 15.2. The largest absolute Gasteiger partial charge is 0.376 e. The number of hydrogen-bond donors (Lipinski definition) is 1. The molecule has 0 saturated heterocycles. The number of hydrogen-bond acceptors (Lipinski definition) is 3. The highest BCUT2D eigenvalue weighted by atomic mass is 35.5. The van der Waals surface area contributed by atoms with Crippen LogP contribution in [0.25, 0.3) is 0 Å². The van der Waals surface area contributed by atoms with Gasteiger partial charge in [0.15, 0.2) is 0 Å². The number of benzene rings is 2. The first kappa shape index (κ1) is 15.6. The number of halogens is 2. The van der Waals surface area contributed by atoms with E-state index in [-0.39, 0.29) is 16.7 Å². The molecule has 0 aliphatic heterocycles. The Morgan fingerprint density at radius 2 is 1.81 bits per heavy atom. The molecule has 1 atom stereocenters. The number of nitrogens with one attached hydrogen (secondary N) is 1. The molecule has 2 aromatic carbocycles. The molecule has 0 aromatic heterocycles. The van der Waals surface area contributed by atoms with Crippen molar-refractivity contribution in [2.75, 3.05) is 5.32 Å². The summed E-state index contributed by atoms with van der Waals surface area (Å²) in [6, 6.07) is 10.2. The summed E-state index contributed by atoms with van der Waals surface area (Å²) in [7, 11) is 0. The summed E-state index contributed by atoms with van der Waals surface area (Å²) >= 11 is 12.2. The van der Waals surface area contributed by atoms with Gasteiger partial charge in [0.1, 0.15) is 0 Å². The zero-order valence-corrected chi connectivity index (χ0v) is 13.1. The van der Waals surface area contributed by atoms with Crippen LogP contribution in [0.3, 0.4) is 0 Å². The predicted octanol–water partition coefficient (Wildman–Crippen LogP) is 5.38. The Hall–Kier alpha value is -1.78. The molecule has 1 N–H and O–H groups in total. The highest BCUT2D eigenvalue weighted by molar-refractivity contribution is 6.39. The van der Waals surface area contributed by atoms with Crippen molar-refractivity contribution in [1.82, 2.24) is 0 Å². The van der Waals surface area contributed by atoms with Crippen molar-refractivity contribution in [2.45, 2.75) is 19.9 Å². The molecule has 21 heavy (non-hydrogen) atoms. The molecule has 2 rings (SSSR count). The van der Waals surface area contributed by atoms with Gasteiger partial charge in [-0.15, -0.1) is 0 Å². The van der Waals surface area contributed by atoms with Crippen LogP contribution < -0.4 is 5.32 Å². The van der Waals surface area contributed by atoms with Gasteiger partial charge in [0.25, 0.3) is 5.69 Å². The molecule has 0 bridgehead atoms. The lowest BCUT2D eigenvalue weighted by atomic mass is 10.0. The van der Waals surface area contributed by atoms with Crippen molar-refractivity contribution < 1.29 is 4.92 Å². The number of anilines is 1. The summed E-state index contributed by atoms with van der Waals surface area (Å²) in [5.74, 6) is 0. The Bertz CT molecular complexity index is 669. The van der Waals surface area contributed by atoms with Crippen LogP contribution in [-0.2, 0) is 0 Å². The van der Waals surface area contributed by atoms with E-state index >= 15 is 0 Å². The standard InChI is InChI=1S/C15H14Cl2N2O2/c1-9-6-7-11(8-14(9)19(20)21)10(2)18-15-12(16)4-3-5-13(15)17/h3-8,10,18H,1-2H3. The van der Waals surface area contributed by atoms with Gasteiger partial charge in [0.2, 0.25) is 0 Å². The lowest BCUT2D eigenvalue weighted by Gasteiger charge is -2.18. The number of aryl methyl sites for hydroxylation is 1. The zero-order chi connectivity index (χ0) is 15.6. The third-order valence-electron chi connectivity index (χ3n) is 3.25. The van der Waals surface area contributed by atoms with E-state index in [0.717, 1.165) is 5.56 Å². The zero-order valence-electron chi connectivity index (χ0n) is 11.6. The minimum absolute atomic E-state index is 0.103. The van der Waals surface area contributed by atoms with E-state index in [1.165, 1.54) is 0 Å². The van der Waals surface area contributed by atoms with Crippen LogP contribution >= 0.6 is 23.2 Å². The van der Waals surface area contributed by atoms with Crippen LogP contribution in [0.5, 0.6) is 0 Å². The third kappa shape index (κ3) is 3.46. The average Bonchev–Trinajstić information content (AvgIpc) is 2.43. The van der Waals surface area contributed by atoms with Crippen molar-refractivity contribution in [3.8, 4) is 0 Å². The molecular formula is C15H14Cl2N2O2. The van der Waals surface area contributed by atoms with Gasteiger partial charge in [-0.25, -0.2) is 0 Å². The van der Waals surface area contributed by atoms with E-state index in [1.54, 1.807) is 37.3 Å². The molecule has 0 spiro atoms. The minimum atomic E-state index is -0.381. The number of rotatable bonds is 4. The maximum Gasteiger partial charge on any atom is 0.272 e. The van der Waals surface area contributed by atoms with Gasteiger partial charge < -0.3 is 5.32 Å². The van der Waals surface area contributed by atoms with Gasteiger partial charge in [-0.1, -0.05) is 41.4 Å². The van der Waals surface area contributed by atoms with Gasteiger partial charge in [0.05, 0.1) is 20.7 Å². The van der Waals surface area contributed by atoms with Crippen molar-refractivity contribution in [1.29, 1.82) is 0 Å². The predicted molar refractivity (Wildman–Crippen MR) is 86.3 cm³/mol. The summed E-state index contributed by atoms with van der Waals surface area (Å²) in [6.45, 7) is 3.61. The van der Waals surface area contributed by atoms with Crippen LogP contribution in [0, 0.1) is 17.0 Å². The normalized spacial score (nSPS) is 12.0. The van der Waals surface area contributed by atoms with Crippen LogP contribution in [0.2, 0.25) is 10.0 Å². The second kappa shape index (κ2) is 6.33. The van der Waals surface area contributed by atoms with Crippen molar-refractivity contribution in [3.63, 3.8) is 0 Å². The maximum absolute atomic E-state index is 11.0. The molecule has 0 fully saturated rings. The molecule has 0 heterocycles. The number of nitro groups is 1. The molecule has 0 aliphatic carbocycles. The van der Waals surface area contributed by atoms with Gasteiger partial charge >= 0.3 is 0 Å². The highest BCUT2D eigenvalue weighted by Gasteiger charge is 2.16. The van der Waals surface area contributed by atoms with Crippen LogP contribution in [0.15, 0.2) is 36.4 Å². The monoisotopic (exact) mass is 324 g/mol. The molecule has 0 radical (unpaired) electrons. The van der Waals surface area contributed by atoms with Gasteiger partial charge in [0, 0.05) is 17.7 Å². The maximum atomic E-state index is 11.0. The molecule has 110 valence electrons. The smallest absolute Gasteiger partial charge is 0.272 e. The highest BCUT2D eigenvalue weighted by Crippen LogP contribution is 2.33. The fraction of sp³-hybridized carbons (Fsp3) is 0.200. The Kier molecular flexibility index (Phi) is 4.70. The third-order valence-corrected chi connectivity index (χ3v) is 3.88. The first-order valence-corrected chi connectivity index (χ1v) is 7.11. The molecule has 1 unspecified atom stereocenters. The molecular weight excluding hydrogens is 311 g/mol. The Labute approximate surface area is 132 Å². The van der Waals surface area contributed by atoms with E-state index in [9.17, 15) is 10.1 Å². The van der Waals surface area contributed by atoms with Crippen molar-refractivity contribution >= 4 is 34.6 Å². The lowest BCUT2D eigenvalue weighted by molar-refractivity contribution is -0.385. The van der Waals surface area contributed by atoms with Gasteiger partial charge in [-0.2, -0.15) is 0 Å². The Morgan fingerprint density at radius 3 is 2.38 bits per heavy atom. The molecule has 2 aromatic rings. The fourth-order valence-corrected chi connectivity index (χ4v) is 2.53. The van der Waals surface area contributed by atoms with Crippen LogP contribution in [0.1, 0.15) is 24.1 Å². The summed E-state index contributed by atoms with van der Waals surface area (Å²) in [6.07, 6.45) is 0. The van der Waals surface area contributed by atoms with Crippen molar-refractivity contribution in [2.24, 2.45) is 0 Å². The minimum Gasteiger partial charge on any atom is -0.376 e. The first-order chi connectivity index (χ1) is 9.90. The second-order valence-electron chi connectivity index (χ2n) is 4.77. The van der Waals surface area contributed by atoms with Crippen LogP contribution in [0.4, 0.5) is 11.4 Å².